The van der Waals surface area contributed by atoms with Gasteiger partial charge in [0.05, 0.1) is 23.7 Å². The number of nitrogens with zero attached hydrogens (tertiary/aromatic N) is 4. The van der Waals surface area contributed by atoms with E-state index >= 15 is 0 Å². The molecule has 1 aliphatic rings. The van der Waals surface area contributed by atoms with Gasteiger partial charge in [-0.2, -0.15) is 0 Å². The van der Waals surface area contributed by atoms with E-state index in [4.69, 9.17) is 4.74 Å². The van der Waals surface area contributed by atoms with Crippen LogP contribution in [0.25, 0.3) is 11.4 Å². The molecule has 0 spiro atoms. The molecule has 1 saturated heterocycles. The Bertz CT molecular complexity index is 796. The van der Waals surface area contributed by atoms with Crippen molar-refractivity contribution in [2.75, 3.05) is 32.1 Å². The smallest absolute Gasteiger partial charge is 0.269 e. The zero-order valence-electron chi connectivity index (χ0n) is 15.9. The van der Waals surface area contributed by atoms with Crippen molar-refractivity contribution in [1.29, 1.82) is 0 Å². The van der Waals surface area contributed by atoms with Crippen LogP contribution in [-0.2, 0) is 11.2 Å². The summed E-state index contributed by atoms with van der Waals surface area (Å²) in [5, 5.41) is 14.3. The predicted molar refractivity (Wildman–Crippen MR) is 104 cm³/mol. The molecule has 0 saturated carbocycles. The first kappa shape index (κ1) is 19.2. The minimum atomic E-state index is -0.414. The molecule has 8 heteroatoms. The van der Waals surface area contributed by atoms with Crippen LogP contribution in [0.3, 0.4) is 0 Å². The van der Waals surface area contributed by atoms with Crippen molar-refractivity contribution in [1.82, 2.24) is 14.9 Å². The third-order valence-corrected chi connectivity index (χ3v) is 4.71. The lowest BCUT2D eigenvalue weighted by Gasteiger charge is -2.34. The largest absolute Gasteiger partial charge is 0.373 e. The molecular formula is C19H25N5O3. The number of non-ortho nitro benzene ring substituents is 1. The SMILES string of the molecule is CCc1cc(NC(C)C2CN(C)CCO2)nc(-c2ccc([N+](=O)[O-])cc2)n1. The molecule has 0 amide bonds. The van der Waals surface area contributed by atoms with Crippen LogP contribution in [0, 0.1) is 10.1 Å². The van der Waals surface area contributed by atoms with Gasteiger partial charge in [-0.1, -0.05) is 6.92 Å². The van der Waals surface area contributed by atoms with Crippen molar-refractivity contribution in [3.8, 4) is 11.4 Å². The summed E-state index contributed by atoms with van der Waals surface area (Å²) in [7, 11) is 2.09. The maximum Gasteiger partial charge on any atom is 0.269 e. The van der Waals surface area contributed by atoms with Gasteiger partial charge in [0.25, 0.3) is 5.69 Å². The van der Waals surface area contributed by atoms with Crippen LogP contribution in [0.1, 0.15) is 19.5 Å². The van der Waals surface area contributed by atoms with E-state index in [2.05, 4.69) is 34.2 Å². The highest BCUT2D eigenvalue weighted by atomic mass is 16.6. The van der Waals surface area contributed by atoms with Crippen LogP contribution in [0.5, 0.6) is 0 Å². The van der Waals surface area contributed by atoms with Gasteiger partial charge in [0.1, 0.15) is 5.82 Å². The van der Waals surface area contributed by atoms with Gasteiger partial charge in [-0.15, -0.1) is 0 Å². The topological polar surface area (TPSA) is 93.4 Å². The van der Waals surface area contributed by atoms with Crippen molar-refractivity contribution >= 4 is 11.5 Å². The predicted octanol–water partition coefficient (Wildman–Crippen LogP) is 2.75. The Morgan fingerprint density at radius 1 is 1.37 bits per heavy atom. The number of nitro groups is 1. The summed E-state index contributed by atoms with van der Waals surface area (Å²) in [6, 6.07) is 8.34. The number of rotatable bonds is 6. The second-order valence-electron chi connectivity index (χ2n) is 6.83. The van der Waals surface area contributed by atoms with Gasteiger partial charge in [-0.05, 0) is 32.5 Å². The van der Waals surface area contributed by atoms with Gasteiger partial charge in [0.2, 0.25) is 0 Å². The molecule has 0 bridgehead atoms. The molecule has 0 radical (unpaired) electrons. The number of nitro benzene ring substituents is 1. The quantitative estimate of drug-likeness (QED) is 0.616. The fraction of sp³-hybridized carbons (Fsp3) is 0.474. The summed E-state index contributed by atoms with van der Waals surface area (Å²) < 4.78 is 5.88. The van der Waals surface area contributed by atoms with E-state index in [1.165, 1.54) is 12.1 Å². The Balaban J connectivity index is 1.81. The molecule has 8 nitrogen and oxygen atoms in total. The molecule has 2 unspecified atom stereocenters. The minimum absolute atomic E-state index is 0.0518. The molecule has 2 heterocycles. The molecule has 1 N–H and O–H groups in total. The Morgan fingerprint density at radius 2 is 2.11 bits per heavy atom. The molecule has 3 rings (SSSR count). The lowest BCUT2D eigenvalue weighted by Crippen LogP contribution is -2.47. The summed E-state index contributed by atoms with van der Waals surface area (Å²) in [6.07, 6.45) is 0.862. The third-order valence-electron chi connectivity index (χ3n) is 4.71. The Hall–Kier alpha value is -2.58. The number of benzene rings is 1. The Morgan fingerprint density at radius 3 is 2.74 bits per heavy atom. The standard InChI is InChI=1S/C19H25N5O3/c1-4-15-11-18(20-13(2)17-12-23(3)9-10-27-17)22-19(21-15)14-5-7-16(8-6-14)24(25)26/h5-8,11,13,17H,4,9-10,12H2,1-3H3,(H,20,21,22). The molecule has 2 aromatic rings. The number of aromatic nitrogens is 2. The van der Waals surface area contributed by atoms with Crippen LogP contribution in [0.15, 0.2) is 30.3 Å². The zero-order valence-corrected chi connectivity index (χ0v) is 15.9. The highest BCUT2D eigenvalue weighted by Crippen LogP contribution is 2.22. The van der Waals surface area contributed by atoms with Gasteiger partial charge in [0.15, 0.2) is 5.82 Å². The van der Waals surface area contributed by atoms with E-state index < -0.39 is 4.92 Å². The number of aryl methyl sites for hydroxylation is 1. The monoisotopic (exact) mass is 371 g/mol. The van der Waals surface area contributed by atoms with Crippen molar-refractivity contribution in [2.24, 2.45) is 0 Å². The van der Waals surface area contributed by atoms with Crippen molar-refractivity contribution in [2.45, 2.75) is 32.4 Å². The lowest BCUT2D eigenvalue weighted by atomic mass is 10.1. The van der Waals surface area contributed by atoms with Crippen LogP contribution in [0.4, 0.5) is 11.5 Å². The molecule has 27 heavy (non-hydrogen) atoms. The van der Waals surface area contributed by atoms with Gasteiger partial charge in [-0.3, -0.25) is 10.1 Å². The van der Waals surface area contributed by atoms with Crippen LogP contribution in [-0.4, -0.2) is 58.7 Å². The summed E-state index contributed by atoms with van der Waals surface area (Å²) in [6.45, 7) is 6.67. The average Bonchev–Trinajstić information content (AvgIpc) is 2.67. The van der Waals surface area contributed by atoms with E-state index in [1.807, 2.05) is 13.0 Å². The summed E-state index contributed by atoms with van der Waals surface area (Å²) in [5.41, 5.74) is 1.71. The Labute approximate surface area is 158 Å². The maximum absolute atomic E-state index is 10.8. The summed E-state index contributed by atoms with van der Waals surface area (Å²) in [5.74, 6) is 1.29. The number of hydrogen-bond acceptors (Lipinski definition) is 7. The highest BCUT2D eigenvalue weighted by molar-refractivity contribution is 5.59. The average molecular weight is 371 g/mol. The molecule has 1 aromatic heterocycles. The van der Waals surface area contributed by atoms with Crippen molar-refractivity contribution < 1.29 is 9.66 Å². The van der Waals surface area contributed by atoms with Gasteiger partial charge in [-0.25, -0.2) is 9.97 Å². The molecule has 1 fully saturated rings. The van der Waals surface area contributed by atoms with Crippen molar-refractivity contribution in [3.63, 3.8) is 0 Å². The van der Waals surface area contributed by atoms with E-state index in [-0.39, 0.29) is 17.8 Å². The molecule has 0 aliphatic carbocycles. The fourth-order valence-electron chi connectivity index (χ4n) is 3.05. The van der Waals surface area contributed by atoms with Crippen LogP contribution < -0.4 is 5.32 Å². The first-order chi connectivity index (χ1) is 13.0. The number of ether oxygens (including phenoxy) is 1. The second kappa shape index (κ2) is 8.41. The lowest BCUT2D eigenvalue weighted by molar-refractivity contribution is -0.384. The highest BCUT2D eigenvalue weighted by Gasteiger charge is 2.24. The number of hydrogen-bond donors (Lipinski definition) is 1. The van der Waals surface area contributed by atoms with Crippen molar-refractivity contribution in [3.05, 3.63) is 46.1 Å². The minimum Gasteiger partial charge on any atom is -0.373 e. The van der Waals surface area contributed by atoms with E-state index in [0.717, 1.165) is 43.2 Å². The van der Waals surface area contributed by atoms with Gasteiger partial charge < -0.3 is 15.0 Å². The molecule has 1 aliphatic heterocycles. The fourth-order valence-corrected chi connectivity index (χ4v) is 3.05. The molecule has 1 aromatic carbocycles. The first-order valence-electron chi connectivity index (χ1n) is 9.15. The summed E-state index contributed by atoms with van der Waals surface area (Å²) >= 11 is 0. The van der Waals surface area contributed by atoms with E-state index in [0.29, 0.717) is 5.82 Å². The third kappa shape index (κ3) is 4.78. The second-order valence-corrected chi connectivity index (χ2v) is 6.83. The normalized spacial score (nSPS) is 18.9. The molecular weight excluding hydrogens is 346 g/mol. The zero-order chi connectivity index (χ0) is 19.4. The number of nitrogens with one attached hydrogen (secondary N) is 1. The molecule has 2 atom stereocenters. The van der Waals surface area contributed by atoms with Crippen LogP contribution in [0.2, 0.25) is 0 Å². The number of anilines is 1. The number of morpholine rings is 1. The van der Waals surface area contributed by atoms with Gasteiger partial charge >= 0.3 is 0 Å². The number of likely N-dealkylation sites (N-methyl/N-ethyl adjacent to an activating group) is 1. The van der Waals surface area contributed by atoms with E-state index in [1.54, 1.807) is 12.1 Å². The van der Waals surface area contributed by atoms with E-state index in [9.17, 15) is 10.1 Å². The van der Waals surface area contributed by atoms with Crippen LogP contribution >= 0.6 is 0 Å². The summed E-state index contributed by atoms with van der Waals surface area (Å²) in [4.78, 5) is 21.9. The molecule has 144 valence electrons. The first-order valence-corrected chi connectivity index (χ1v) is 9.15. The Kier molecular flexibility index (Phi) is 5.98. The van der Waals surface area contributed by atoms with Gasteiger partial charge in [0, 0.05) is 42.5 Å². The maximum atomic E-state index is 10.8.